The Labute approximate surface area is 101 Å². The molecule has 0 aromatic rings. The standard InChI is InChI=1S/C14H28N2/c1-4-10-16(11-7-13(2)3)12-14-5-8-15-9-6-14/h7,14-15H,4-6,8-12H2,1-3H3. The summed E-state index contributed by atoms with van der Waals surface area (Å²) in [7, 11) is 0. The van der Waals surface area contributed by atoms with E-state index in [9.17, 15) is 0 Å². The number of piperidine rings is 1. The minimum absolute atomic E-state index is 0.915. The van der Waals surface area contributed by atoms with Gasteiger partial charge in [0.15, 0.2) is 0 Å². The quantitative estimate of drug-likeness (QED) is 0.698. The van der Waals surface area contributed by atoms with E-state index in [0.717, 1.165) is 12.5 Å². The van der Waals surface area contributed by atoms with Crippen LogP contribution in [0.1, 0.15) is 40.0 Å². The number of hydrogen-bond acceptors (Lipinski definition) is 2. The molecule has 0 saturated carbocycles. The minimum Gasteiger partial charge on any atom is -0.317 e. The molecule has 0 aliphatic carbocycles. The molecule has 0 atom stereocenters. The Morgan fingerprint density at radius 1 is 1.31 bits per heavy atom. The van der Waals surface area contributed by atoms with Gasteiger partial charge in [0.25, 0.3) is 0 Å². The Morgan fingerprint density at radius 3 is 2.56 bits per heavy atom. The first-order valence-corrected chi connectivity index (χ1v) is 6.78. The van der Waals surface area contributed by atoms with Gasteiger partial charge in [-0.15, -0.1) is 0 Å². The molecule has 1 aliphatic heterocycles. The Morgan fingerprint density at radius 2 is 2.00 bits per heavy atom. The maximum Gasteiger partial charge on any atom is 0.0165 e. The van der Waals surface area contributed by atoms with Gasteiger partial charge in [-0.1, -0.05) is 18.6 Å². The molecule has 2 heteroatoms. The van der Waals surface area contributed by atoms with Gasteiger partial charge in [0.05, 0.1) is 0 Å². The highest BCUT2D eigenvalue weighted by atomic mass is 15.1. The van der Waals surface area contributed by atoms with Gasteiger partial charge in [-0.05, 0) is 58.7 Å². The zero-order valence-corrected chi connectivity index (χ0v) is 11.3. The van der Waals surface area contributed by atoms with Crippen molar-refractivity contribution in [2.75, 3.05) is 32.7 Å². The maximum atomic E-state index is 3.44. The predicted octanol–water partition coefficient (Wildman–Crippen LogP) is 2.66. The van der Waals surface area contributed by atoms with Crippen LogP contribution in [-0.4, -0.2) is 37.6 Å². The van der Waals surface area contributed by atoms with Gasteiger partial charge in [-0.3, -0.25) is 4.90 Å². The van der Waals surface area contributed by atoms with Crippen molar-refractivity contribution in [3.63, 3.8) is 0 Å². The molecule has 0 aromatic heterocycles. The zero-order valence-electron chi connectivity index (χ0n) is 11.3. The van der Waals surface area contributed by atoms with E-state index in [-0.39, 0.29) is 0 Å². The number of nitrogens with one attached hydrogen (secondary N) is 1. The molecule has 1 aliphatic rings. The summed E-state index contributed by atoms with van der Waals surface area (Å²) >= 11 is 0. The summed E-state index contributed by atoms with van der Waals surface area (Å²) in [6.07, 6.45) is 6.34. The van der Waals surface area contributed by atoms with E-state index < -0.39 is 0 Å². The third-order valence-corrected chi connectivity index (χ3v) is 3.27. The van der Waals surface area contributed by atoms with E-state index in [2.05, 4.69) is 37.1 Å². The highest BCUT2D eigenvalue weighted by molar-refractivity contribution is 4.95. The van der Waals surface area contributed by atoms with Crippen LogP contribution in [0, 0.1) is 5.92 Å². The third kappa shape index (κ3) is 5.66. The van der Waals surface area contributed by atoms with Gasteiger partial charge < -0.3 is 5.32 Å². The lowest BCUT2D eigenvalue weighted by Gasteiger charge is -2.29. The Balaban J connectivity index is 2.33. The van der Waals surface area contributed by atoms with Crippen LogP contribution in [0.25, 0.3) is 0 Å². The summed E-state index contributed by atoms with van der Waals surface area (Å²) in [4.78, 5) is 2.61. The molecule has 94 valence electrons. The number of hydrogen-bond donors (Lipinski definition) is 1. The third-order valence-electron chi connectivity index (χ3n) is 3.27. The normalized spacial score (nSPS) is 17.8. The molecule has 16 heavy (non-hydrogen) atoms. The van der Waals surface area contributed by atoms with E-state index in [1.807, 2.05) is 0 Å². The molecule has 0 radical (unpaired) electrons. The Bertz CT molecular complexity index is 201. The fourth-order valence-electron chi connectivity index (χ4n) is 2.31. The fourth-order valence-corrected chi connectivity index (χ4v) is 2.31. The smallest absolute Gasteiger partial charge is 0.0165 e. The molecule has 0 bridgehead atoms. The van der Waals surface area contributed by atoms with Gasteiger partial charge >= 0.3 is 0 Å². The van der Waals surface area contributed by atoms with Crippen molar-refractivity contribution in [1.29, 1.82) is 0 Å². The fraction of sp³-hybridized carbons (Fsp3) is 0.857. The molecule has 1 heterocycles. The van der Waals surface area contributed by atoms with Crippen molar-refractivity contribution in [3.8, 4) is 0 Å². The van der Waals surface area contributed by atoms with Crippen molar-refractivity contribution < 1.29 is 0 Å². The summed E-state index contributed by atoms with van der Waals surface area (Å²) in [6, 6.07) is 0. The average Bonchev–Trinajstić information content (AvgIpc) is 2.27. The second-order valence-corrected chi connectivity index (χ2v) is 5.23. The first kappa shape index (κ1) is 13.7. The second kappa shape index (κ2) is 7.86. The molecule has 0 amide bonds. The van der Waals surface area contributed by atoms with E-state index in [4.69, 9.17) is 0 Å². The summed E-state index contributed by atoms with van der Waals surface area (Å²) in [5.41, 5.74) is 1.44. The van der Waals surface area contributed by atoms with Gasteiger partial charge in [0, 0.05) is 13.1 Å². The highest BCUT2D eigenvalue weighted by Crippen LogP contribution is 2.13. The SMILES string of the molecule is CCCN(CC=C(C)C)CC1CCNCC1. The molecular formula is C14H28N2. The highest BCUT2D eigenvalue weighted by Gasteiger charge is 2.15. The summed E-state index contributed by atoms with van der Waals surface area (Å²) in [5, 5.41) is 3.44. The molecule has 1 fully saturated rings. The van der Waals surface area contributed by atoms with Crippen LogP contribution in [0.3, 0.4) is 0 Å². The molecule has 2 nitrogen and oxygen atoms in total. The molecular weight excluding hydrogens is 196 g/mol. The van der Waals surface area contributed by atoms with E-state index in [0.29, 0.717) is 0 Å². The first-order valence-electron chi connectivity index (χ1n) is 6.78. The molecule has 0 unspecified atom stereocenters. The van der Waals surface area contributed by atoms with Gasteiger partial charge in [-0.25, -0.2) is 0 Å². The maximum absolute atomic E-state index is 3.44. The first-order chi connectivity index (χ1) is 7.72. The van der Waals surface area contributed by atoms with E-state index >= 15 is 0 Å². The lowest BCUT2D eigenvalue weighted by molar-refractivity contribution is 0.222. The van der Waals surface area contributed by atoms with Crippen LogP contribution in [0.4, 0.5) is 0 Å². The molecule has 0 aromatic carbocycles. The van der Waals surface area contributed by atoms with Crippen molar-refractivity contribution in [2.24, 2.45) is 5.92 Å². The topological polar surface area (TPSA) is 15.3 Å². The average molecular weight is 224 g/mol. The van der Waals surface area contributed by atoms with Crippen LogP contribution in [0.2, 0.25) is 0 Å². The zero-order chi connectivity index (χ0) is 11.8. The Hall–Kier alpha value is -0.340. The van der Waals surface area contributed by atoms with Crippen molar-refractivity contribution in [2.45, 2.75) is 40.0 Å². The van der Waals surface area contributed by atoms with Gasteiger partial charge in [-0.2, -0.15) is 0 Å². The summed E-state index contributed by atoms with van der Waals surface area (Å²) < 4.78 is 0. The van der Waals surface area contributed by atoms with Gasteiger partial charge in [0.2, 0.25) is 0 Å². The number of rotatable bonds is 6. The lowest BCUT2D eigenvalue weighted by atomic mass is 9.97. The van der Waals surface area contributed by atoms with Crippen molar-refractivity contribution >= 4 is 0 Å². The molecule has 0 spiro atoms. The van der Waals surface area contributed by atoms with Crippen LogP contribution in [0.15, 0.2) is 11.6 Å². The van der Waals surface area contributed by atoms with Crippen molar-refractivity contribution in [3.05, 3.63) is 11.6 Å². The monoisotopic (exact) mass is 224 g/mol. The second-order valence-electron chi connectivity index (χ2n) is 5.23. The summed E-state index contributed by atoms with van der Waals surface area (Å²) in [5.74, 6) is 0.915. The van der Waals surface area contributed by atoms with E-state index in [1.165, 1.54) is 51.0 Å². The molecule has 1 N–H and O–H groups in total. The van der Waals surface area contributed by atoms with Gasteiger partial charge in [0.1, 0.15) is 0 Å². The number of nitrogens with zero attached hydrogens (tertiary/aromatic N) is 1. The van der Waals surface area contributed by atoms with Crippen LogP contribution in [0.5, 0.6) is 0 Å². The minimum atomic E-state index is 0.915. The van der Waals surface area contributed by atoms with Crippen molar-refractivity contribution in [1.82, 2.24) is 10.2 Å². The predicted molar refractivity (Wildman–Crippen MR) is 71.8 cm³/mol. The van der Waals surface area contributed by atoms with Crippen LogP contribution < -0.4 is 5.32 Å². The van der Waals surface area contributed by atoms with Crippen LogP contribution >= 0.6 is 0 Å². The number of allylic oxidation sites excluding steroid dienone is 1. The largest absolute Gasteiger partial charge is 0.317 e. The molecule has 1 saturated heterocycles. The lowest BCUT2D eigenvalue weighted by Crippen LogP contribution is -2.36. The Kier molecular flexibility index (Phi) is 6.74. The summed E-state index contributed by atoms with van der Waals surface area (Å²) in [6.45, 7) is 12.8. The molecule has 1 rings (SSSR count). The van der Waals surface area contributed by atoms with Crippen LogP contribution in [-0.2, 0) is 0 Å². The van der Waals surface area contributed by atoms with E-state index in [1.54, 1.807) is 0 Å².